The molecule has 98 valence electrons. The number of anilines is 1. The van der Waals surface area contributed by atoms with Crippen LogP contribution in [0.4, 0.5) is 18.9 Å². The van der Waals surface area contributed by atoms with E-state index in [0.717, 1.165) is 12.1 Å². The molecule has 3 N–H and O–H groups in total. The quantitative estimate of drug-likeness (QED) is 0.630. The largest absolute Gasteiger partial charge is 0.416 e. The maximum atomic E-state index is 12.6. The van der Waals surface area contributed by atoms with E-state index in [0.29, 0.717) is 11.3 Å². The first kappa shape index (κ1) is 13.1. The molecular formula is C14H11F3N2. The number of hydrogen-bond donors (Lipinski definition) is 2. The molecular weight excluding hydrogens is 253 g/mol. The van der Waals surface area contributed by atoms with Crippen LogP contribution >= 0.6 is 0 Å². The van der Waals surface area contributed by atoms with Crippen molar-refractivity contribution in [3.8, 4) is 0 Å². The van der Waals surface area contributed by atoms with Gasteiger partial charge in [0.05, 0.1) is 11.3 Å². The second-order valence-electron chi connectivity index (χ2n) is 4.04. The average Bonchev–Trinajstić information content (AvgIpc) is 2.38. The summed E-state index contributed by atoms with van der Waals surface area (Å²) in [4.78, 5) is 0. The highest BCUT2D eigenvalue weighted by atomic mass is 19.4. The Morgan fingerprint density at radius 1 is 1.00 bits per heavy atom. The van der Waals surface area contributed by atoms with Crippen molar-refractivity contribution in [1.82, 2.24) is 0 Å². The molecule has 0 radical (unpaired) electrons. The van der Waals surface area contributed by atoms with E-state index >= 15 is 0 Å². The number of para-hydroxylation sites is 1. The maximum absolute atomic E-state index is 12.6. The van der Waals surface area contributed by atoms with Crippen LogP contribution < -0.4 is 5.73 Å². The van der Waals surface area contributed by atoms with Gasteiger partial charge < -0.3 is 5.73 Å². The van der Waals surface area contributed by atoms with Crippen LogP contribution in [0.2, 0.25) is 0 Å². The minimum atomic E-state index is -4.42. The number of halogens is 3. The molecule has 0 amide bonds. The second kappa shape index (κ2) is 4.76. The van der Waals surface area contributed by atoms with Gasteiger partial charge in [0.2, 0.25) is 0 Å². The van der Waals surface area contributed by atoms with Gasteiger partial charge in [0.25, 0.3) is 0 Å². The summed E-state index contributed by atoms with van der Waals surface area (Å²) in [5, 5.41) is 7.97. The lowest BCUT2D eigenvalue weighted by molar-refractivity contribution is -0.137. The van der Waals surface area contributed by atoms with Crippen LogP contribution in [0.25, 0.3) is 0 Å². The van der Waals surface area contributed by atoms with E-state index in [2.05, 4.69) is 0 Å². The van der Waals surface area contributed by atoms with E-state index in [4.69, 9.17) is 11.1 Å². The Kier molecular flexibility index (Phi) is 3.29. The molecule has 2 aromatic rings. The van der Waals surface area contributed by atoms with E-state index in [1.165, 1.54) is 12.1 Å². The van der Waals surface area contributed by atoms with Gasteiger partial charge in [0, 0.05) is 16.8 Å². The van der Waals surface area contributed by atoms with Gasteiger partial charge in [-0.2, -0.15) is 13.2 Å². The highest BCUT2D eigenvalue weighted by Gasteiger charge is 2.30. The maximum Gasteiger partial charge on any atom is 0.416 e. The molecule has 0 heterocycles. The van der Waals surface area contributed by atoms with Crippen LogP contribution in [0.15, 0.2) is 48.5 Å². The Morgan fingerprint density at radius 2 is 1.68 bits per heavy atom. The summed E-state index contributed by atoms with van der Waals surface area (Å²) in [5.74, 6) is 0. The van der Waals surface area contributed by atoms with Gasteiger partial charge in [-0.1, -0.05) is 30.3 Å². The molecule has 0 atom stereocenters. The van der Waals surface area contributed by atoms with Crippen LogP contribution in [0.5, 0.6) is 0 Å². The smallest absolute Gasteiger partial charge is 0.398 e. The monoisotopic (exact) mass is 264 g/mol. The molecule has 2 aromatic carbocycles. The predicted octanol–water partition coefficient (Wildman–Crippen LogP) is 3.70. The summed E-state index contributed by atoms with van der Waals surface area (Å²) < 4.78 is 37.9. The van der Waals surface area contributed by atoms with Gasteiger partial charge in [-0.3, -0.25) is 5.41 Å². The van der Waals surface area contributed by atoms with Crippen molar-refractivity contribution in [1.29, 1.82) is 5.41 Å². The molecule has 0 fully saturated rings. The van der Waals surface area contributed by atoms with Gasteiger partial charge in [-0.15, -0.1) is 0 Å². The molecule has 2 rings (SSSR count). The molecule has 0 aliphatic rings. The van der Waals surface area contributed by atoms with Crippen molar-refractivity contribution in [2.75, 3.05) is 5.73 Å². The summed E-state index contributed by atoms with van der Waals surface area (Å²) in [6.45, 7) is 0. The number of rotatable bonds is 2. The third-order valence-corrected chi connectivity index (χ3v) is 2.71. The van der Waals surface area contributed by atoms with E-state index in [-0.39, 0.29) is 11.3 Å². The van der Waals surface area contributed by atoms with Gasteiger partial charge >= 0.3 is 6.18 Å². The highest BCUT2D eigenvalue weighted by Crippen LogP contribution is 2.30. The number of benzene rings is 2. The number of hydrogen-bond acceptors (Lipinski definition) is 2. The van der Waals surface area contributed by atoms with E-state index in [1.54, 1.807) is 24.3 Å². The molecule has 2 nitrogen and oxygen atoms in total. The number of alkyl halides is 3. The molecule has 0 aliphatic heterocycles. The van der Waals surface area contributed by atoms with Crippen LogP contribution in [-0.2, 0) is 6.18 Å². The van der Waals surface area contributed by atoms with E-state index in [9.17, 15) is 13.2 Å². The van der Waals surface area contributed by atoms with Crippen LogP contribution in [0.1, 0.15) is 16.7 Å². The van der Waals surface area contributed by atoms with Crippen LogP contribution in [0.3, 0.4) is 0 Å². The van der Waals surface area contributed by atoms with Gasteiger partial charge in [0.15, 0.2) is 0 Å². The molecule has 0 saturated heterocycles. The first-order valence-corrected chi connectivity index (χ1v) is 5.50. The zero-order valence-electron chi connectivity index (χ0n) is 9.83. The Balaban J connectivity index is 2.43. The van der Waals surface area contributed by atoms with Crippen molar-refractivity contribution in [2.24, 2.45) is 0 Å². The fourth-order valence-corrected chi connectivity index (χ4v) is 1.73. The molecule has 0 unspecified atom stereocenters. The summed E-state index contributed by atoms with van der Waals surface area (Å²) in [5.41, 5.74) is 5.89. The summed E-state index contributed by atoms with van der Waals surface area (Å²) in [7, 11) is 0. The van der Waals surface area contributed by atoms with Gasteiger partial charge in [0.1, 0.15) is 0 Å². The molecule has 0 saturated carbocycles. The number of nitrogen functional groups attached to an aromatic ring is 1. The van der Waals surface area contributed by atoms with Gasteiger partial charge in [-0.25, -0.2) is 0 Å². The standard InChI is InChI=1S/C14H11F3N2/c15-14(16,17)10-5-3-4-9(8-10)13(19)11-6-1-2-7-12(11)18/h1-8,19H,18H2. The lowest BCUT2D eigenvalue weighted by Crippen LogP contribution is -2.09. The summed E-state index contributed by atoms with van der Waals surface area (Å²) in [6, 6.07) is 11.3. The number of nitrogens with two attached hydrogens (primary N) is 1. The normalized spacial score (nSPS) is 11.3. The minimum absolute atomic E-state index is 0.0239. The van der Waals surface area contributed by atoms with Crippen molar-refractivity contribution in [2.45, 2.75) is 6.18 Å². The average molecular weight is 264 g/mol. The summed E-state index contributed by atoms with van der Waals surface area (Å²) >= 11 is 0. The third-order valence-electron chi connectivity index (χ3n) is 2.71. The second-order valence-corrected chi connectivity index (χ2v) is 4.04. The van der Waals surface area contributed by atoms with Crippen molar-refractivity contribution in [3.63, 3.8) is 0 Å². The predicted molar refractivity (Wildman–Crippen MR) is 68.2 cm³/mol. The van der Waals surface area contributed by atoms with Crippen LogP contribution in [0, 0.1) is 5.41 Å². The lowest BCUT2D eigenvalue weighted by Gasteiger charge is -2.11. The molecule has 19 heavy (non-hydrogen) atoms. The molecule has 0 bridgehead atoms. The van der Waals surface area contributed by atoms with E-state index < -0.39 is 11.7 Å². The van der Waals surface area contributed by atoms with Crippen molar-refractivity contribution < 1.29 is 13.2 Å². The zero-order chi connectivity index (χ0) is 14.0. The third kappa shape index (κ3) is 2.76. The first-order chi connectivity index (χ1) is 8.89. The van der Waals surface area contributed by atoms with Gasteiger partial charge in [-0.05, 0) is 18.2 Å². The zero-order valence-corrected chi connectivity index (χ0v) is 9.83. The molecule has 5 heteroatoms. The molecule has 0 spiro atoms. The molecule has 0 aromatic heterocycles. The molecule has 0 aliphatic carbocycles. The topological polar surface area (TPSA) is 49.9 Å². The summed E-state index contributed by atoms with van der Waals surface area (Å²) in [6.07, 6.45) is -4.42. The van der Waals surface area contributed by atoms with E-state index in [1.807, 2.05) is 0 Å². The fraction of sp³-hybridized carbons (Fsp3) is 0.0714. The Hall–Kier alpha value is -2.30. The SMILES string of the molecule is N=C(c1cccc(C(F)(F)F)c1)c1ccccc1N. The fourth-order valence-electron chi connectivity index (χ4n) is 1.73. The van der Waals surface area contributed by atoms with Crippen LogP contribution in [-0.4, -0.2) is 5.71 Å². The Bertz CT molecular complexity index is 618. The van der Waals surface area contributed by atoms with Crippen molar-refractivity contribution in [3.05, 3.63) is 65.2 Å². The minimum Gasteiger partial charge on any atom is -0.398 e. The highest BCUT2D eigenvalue weighted by molar-refractivity contribution is 6.13. The Morgan fingerprint density at radius 3 is 2.32 bits per heavy atom. The lowest BCUT2D eigenvalue weighted by atomic mass is 9.99. The number of nitrogens with one attached hydrogen (secondary N) is 1. The Labute approximate surface area is 108 Å². The first-order valence-electron chi connectivity index (χ1n) is 5.50. The van der Waals surface area contributed by atoms with Crippen molar-refractivity contribution >= 4 is 11.4 Å².